The number of alkyl halides is 3. The van der Waals surface area contributed by atoms with E-state index in [1.54, 1.807) is 0 Å². The first-order chi connectivity index (χ1) is 15.0. The fraction of sp³-hybridized carbons (Fsp3) is 0.500. The van der Waals surface area contributed by atoms with Gasteiger partial charge in [0.05, 0.1) is 12.0 Å². The average Bonchev–Trinajstić information content (AvgIpc) is 2.69. The number of nitrogens with zero attached hydrogens (tertiary/aromatic N) is 2. The zero-order valence-electron chi connectivity index (χ0n) is 17.2. The summed E-state index contributed by atoms with van der Waals surface area (Å²) in [6.45, 7) is -0.351. The normalized spacial score (nSPS) is 17.6. The van der Waals surface area contributed by atoms with E-state index in [9.17, 15) is 32.7 Å². The number of aromatic hydroxyl groups is 1. The molecular formula is C20H22F3N3O6. The van der Waals surface area contributed by atoms with Crippen LogP contribution in [-0.4, -0.2) is 51.4 Å². The van der Waals surface area contributed by atoms with Crippen LogP contribution in [0.2, 0.25) is 0 Å². The number of aromatic nitrogens is 2. The quantitative estimate of drug-likeness (QED) is 0.641. The fourth-order valence-electron chi connectivity index (χ4n) is 3.76. The van der Waals surface area contributed by atoms with Crippen molar-refractivity contribution in [1.82, 2.24) is 14.9 Å². The number of aliphatic carboxylic acids is 1. The molecule has 9 nitrogen and oxygen atoms in total. The predicted octanol–water partition coefficient (Wildman–Crippen LogP) is 2.15. The van der Waals surface area contributed by atoms with Crippen LogP contribution in [0.15, 0.2) is 10.9 Å². The minimum Gasteiger partial charge on any atom is -0.506 e. The summed E-state index contributed by atoms with van der Waals surface area (Å²) in [5, 5.41) is 21.1. The molecule has 2 aromatic rings. The summed E-state index contributed by atoms with van der Waals surface area (Å²) in [6, 6.07) is 1.09. The lowest BCUT2D eigenvalue weighted by Gasteiger charge is -2.24. The van der Waals surface area contributed by atoms with Gasteiger partial charge in [-0.1, -0.05) is 12.8 Å². The molecule has 1 aliphatic rings. The molecule has 1 atom stereocenters. The highest BCUT2D eigenvalue weighted by atomic mass is 19.4. The van der Waals surface area contributed by atoms with Crippen LogP contribution in [0.1, 0.15) is 53.2 Å². The molecule has 0 saturated carbocycles. The standard InChI is InChI=1S/C20H22F3N3O6/c1-26-17-12(15(29)14(19(26)31)18(30)24-8-13(27)28)7-11(16(25-17)20(21,22)23)10-5-3-2-4-6-32-9-10/h7,10,29H,2-6,8-9H2,1H3,(H,24,30)(H,27,28). The molecule has 2 aromatic heterocycles. The minimum absolute atomic E-state index is 0.0365. The summed E-state index contributed by atoms with van der Waals surface area (Å²) in [6.07, 6.45) is -2.12. The molecule has 0 aliphatic carbocycles. The Balaban J connectivity index is 2.23. The van der Waals surface area contributed by atoms with E-state index in [0.717, 1.165) is 30.5 Å². The molecule has 0 spiro atoms. The molecule has 1 unspecified atom stereocenters. The van der Waals surface area contributed by atoms with Crippen LogP contribution in [0.4, 0.5) is 13.2 Å². The maximum Gasteiger partial charge on any atom is 0.433 e. The van der Waals surface area contributed by atoms with Crippen molar-refractivity contribution in [2.45, 2.75) is 37.8 Å². The van der Waals surface area contributed by atoms with Crippen LogP contribution >= 0.6 is 0 Å². The van der Waals surface area contributed by atoms with Crippen molar-refractivity contribution in [3.8, 4) is 5.75 Å². The lowest BCUT2D eigenvalue weighted by atomic mass is 9.90. The van der Waals surface area contributed by atoms with E-state index in [2.05, 4.69) is 4.98 Å². The number of carboxylic acids is 1. The van der Waals surface area contributed by atoms with Crippen molar-refractivity contribution in [3.05, 3.63) is 33.2 Å². The first kappa shape index (κ1) is 23.5. The number of hydrogen-bond donors (Lipinski definition) is 3. The fourth-order valence-corrected chi connectivity index (χ4v) is 3.76. The topological polar surface area (TPSA) is 131 Å². The van der Waals surface area contributed by atoms with Crippen LogP contribution in [0, 0.1) is 0 Å². The molecule has 3 heterocycles. The number of rotatable bonds is 4. The second-order valence-electron chi connectivity index (χ2n) is 7.58. The Morgan fingerprint density at radius 1 is 1.31 bits per heavy atom. The molecular weight excluding hydrogens is 435 g/mol. The molecule has 3 rings (SSSR count). The summed E-state index contributed by atoms with van der Waals surface area (Å²) in [7, 11) is 1.11. The number of hydrogen-bond acceptors (Lipinski definition) is 6. The van der Waals surface area contributed by atoms with Crippen LogP contribution < -0.4 is 10.9 Å². The van der Waals surface area contributed by atoms with Crippen LogP contribution in [-0.2, 0) is 22.8 Å². The molecule has 1 saturated heterocycles. The number of carbonyl (C=O) groups is 2. The monoisotopic (exact) mass is 457 g/mol. The number of carboxylic acid groups (broad SMARTS) is 1. The van der Waals surface area contributed by atoms with Crippen molar-refractivity contribution in [2.24, 2.45) is 7.05 Å². The maximum atomic E-state index is 13.9. The van der Waals surface area contributed by atoms with Crippen LogP contribution in [0.3, 0.4) is 0 Å². The van der Waals surface area contributed by atoms with Gasteiger partial charge < -0.3 is 20.3 Å². The van der Waals surface area contributed by atoms with Gasteiger partial charge in [0.15, 0.2) is 0 Å². The molecule has 1 amide bonds. The first-order valence-electron chi connectivity index (χ1n) is 9.94. The van der Waals surface area contributed by atoms with Crippen molar-refractivity contribution in [1.29, 1.82) is 0 Å². The van der Waals surface area contributed by atoms with Gasteiger partial charge in [0.2, 0.25) is 0 Å². The van der Waals surface area contributed by atoms with E-state index in [1.807, 2.05) is 5.32 Å². The largest absolute Gasteiger partial charge is 0.506 e. The second kappa shape index (κ2) is 9.15. The Labute approximate surface area is 179 Å². The third kappa shape index (κ3) is 4.69. The molecule has 0 bridgehead atoms. The number of carbonyl (C=O) groups excluding carboxylic acids is 1. The van der Waals surface area contributed by atoms with Crippen molar-refractivity contribution >= 4 is 22.9 Å². The van der Waals surface area contributed by atoms with Gasteiger partial charge in [0, 0.05) is 19.6 Å². The molecule has 174 valence electrons. The number of ether oxygens (including phenoxy) is 1. The Kier molecular flexibility index (Phi) is 6.72. The highest BCUT2D eigenvalue weighted by Gasteiger charge is 2.39. The summed E-state index contributed by atoms with van der Waals surface area (Å²) in [5.74, 6) is -4.05. The van der Waals surface area contributed by atoms with Gasteiger partial charge in [-0.3, -0.25) is 19.0 Å². The van der Waals surface area contributed by atoms with E-state index in [1.165, 1.54) is 0 Å². The Morgan fingerprint density at radius 3 is 2.69 bits per heavy atom. The van der Waals surface area contributed by atoms with Gasteiger partial charge in [0.1, 0.15) is 29.2 Å². The van der Waals surface area contributed by atoms with Crippen LogP contribution in [0.5, 0.6) is 5.75 Å². The molecule has 32 heavy (non-hydrogen) atoms. The third-order valence-electron chi connectivity index (χ3n) is 5.36. The van der Waals surface area contributed by atoms with E-state index in [-0.39, 0.29) is 17.6 Å². The molecule has 1 aliphatic heterocycles. The zero-order valence-corrected chi connectivity index (χ0v) is 17.2. The number of amides is 1. The van der Waals surface area contributed by atoms with Gasteiger partial charge in [-0.15, -0.1) is 0 Å². The zero-order chi connectivity index (χ0) is 23.6. The van der Waals surface area contributed by atoms with Crippen molar-refractivity contribution in [3.63, 3.8) is 0 Å². The number of pyridine rings is 2. The second-order valence-corrected chi connectivity index (χ2v) is 7.58. The first-order valence-corrected chi connectivity index (χ1v) is 9.94. The number of nitrogens with one attached hydrogen (secondary N) is 1. The maximum absolute atomic E-state index is 13.9. The minimum atomic E-state index is -4.82. The SMILES string of the molecule is Cn1c(=O)c(C(=O)NCC(=O)O)c(O)c2cc(C3CCCCCOC3)c(C(F)(F)F)nc21. The van der Waals surface area contributed by atoms with Crippen molar-refractivity contribution in [2.75, 3.05) is 19.8 Å². The molecule has 3 N–H and O–H groups in total. The molecule has 0 radical (unpaired) electrons. The van der Waals surface area contributed by atoms with Gasteiger partial charge in [-0.25, -0.2) is 4.98 Å². The summed E-state index contributed by atoms with van der Waals surface area (Å²) in [5.41, 5.74) is -3.72. The molecule has 0 aromatic carbocycles. The lowest BCUT2D eigenvalue weighted by molar-refractivity contribution is -0.142. The summed E-state index contributed by atoms with van der Waals surface area (Å²) < 4.78 is 47.8. The molecule has 12 heteroatoms. The van der Waals surface area contributed by atoms with E-state index < -0.39 is 58.7 Å². The van der Waals surface area contributed by atoms with Crippen molar-refractivity contribution < 1.29 is 37.7 Å². The average molecular weight is 457 g/mol. The highest BCUT2D eigenvalue weighted by molar-refractivity contribution is 6.02. The van der Waals surface area contributed by atoms with Gasteiger partial charge in [0.25, 0.3) is 11.5 Å². The summed E-state index contributed by atoms with van der Waals surface area (Å²) >= 11 is 0. The van der Waals surface area contributed by atoms with E-state index >= 15 is 0 Å². The lowest BCUT2D eigenvalue weighted by Crippen LogP contribution is -2.35. The number of fused-ring (bicyclic) bond motifs is 1. The Bertz CT molecular complexity index is 1100. The third-order valence-corrected chi connectivity index (χ3v) is 5.36. The highest BCUT2D eigenvalue weighted by Crippen LogP contribution is 2.39. The van der Waals surface area contributed by atoms with E-state index in [4.69, 9.17) is 9.84 Å². The Hall–Kier alpha value is -3.15. The summed E-state index contributed by atoms with van der Waals surface area (Å²) in [4.78, 5) is 39.3. The molecule has 1 fully saturated rings. The van der Waals surface area contributed by atoms with Gasteiger partial charge >= 0.3 is 12.1 Å². The van der Waals surface area contributed by atoms with Gasteiger partial charge in [-0.2, -0.15) is 13.2 Å². The smallest absolute Gasteiger partial charge is 0.433 e. The predicted molar refractivity (Wildman–Crippen MR) is 106 cm³/mol. The van der Waals surface area contributed by atoms with Crippen LogP contribution in [0.25, 0.3) is 11.0 Å². The number of halogens is 3. The Morgan fingerprint density at radius 2 is 2.03 bits per heavy atom. The van der Waals surface area contributed by atoms with E-state index in [0.29, 0.717) is 19.4 Å². The number of aryl methyl sites for hydroxylation is 1. The van der Waals surface area contributed by atoms with Gasteiger partial charge in [-0.05, 0) is 24.5 Å².